The molecule has 7 nitrogen and oxygen atoms in total. The van der Waals surface area contributed by atoms with Crippen LogP contribution in [0.25, 0.3) is 10.1 Å². The van der Waals surface area contributed by atoms with Crippen molar-refractivity contribution in [3.05, 3.63) is 24.3 Å². The molecule has 1 atom stereocenters. The minimum absolute atomic E-state index is 0.129. The highest BCUT2D eigenvalue weighted by molar-refractivity contribution is 7.13. The molecule has 2 aromatic rings. The van der Waals surface area contributed by atoms with Crippen molar-refractivity contribution in [3.8, 4) is 0 Å². The van der Waals surface area contributed by atoms with E-state index >= 15 is 0 Å². The van der Waals surface area contributed by atoms with E-state index in [-0.39, 0.29) is 5.91 Å². The van der Waals surface area contributed by atoms with Gasteiger partial charge in [0, 0.05) is 25.0 Å². The number of carbonyl (C=O) groups is 2. The number of benzene rings is 1. The fourth-order valence-electron chi connectivity index (χ4n) is 3.24. The maximum atomic E-state index is 12.7. The van der Waals surface area contributed by atoms with Gasteiger partial charge in [0.25, 0.3) is 0 Å². The summed E-state index contributed by atoms with van der Waals surface area (Å²) in [5.41, 5.74) is -0.574. The number of piperidine rings is 1. The summed E-state index contributed by atoms with van der Waals surface area (Å²) >= 11 is 1.45. The van der Waals surface area contributed by atoms with E-state index in [9.17, 15) is 9.59 Å². The van der Waals surface area contributed by atoms with Crippen LogP contribution in [0.15, 0.2) is 24.3 Å². The lowest BCUT2D eigenvalue weighted by Crippen LogP contribution is -2.53. The molecule has 1 aromatic heterocycles. The molecule has 0 aliphatic carbocycles. The number of hydrogen-bond donors (Lipinski definition) is 2. The van der Waals surface area contributed by atoms with Crippen LogP contribution in [0.4, 0.5) is 10.6 Å². The zero-order valence-corrected chi connectivity index (χ0v) is 17.5. The maximum Gasteiger partial charge on any atom is 0.410 e. The van der Waals surface area contributed by atoms with Crippen LogP contribution in [0.1, 0.15) is 40.0 Å². The molecule has 1 fully saturated rings. The molecule has 8 heteroatoms. The van der Waals surface area contributed by atoms with Gasteiger partial charge in [-0.25, -0.2) is 4.79 Å². The second kappa shape index (κ2) is 8.77. The lowest BCUT2D eigenvalue weighted by atomic mass is 10.0. The van der Waals surface area contributed by atoms with Crippen LogP contribution in [0, 0.1) is 0 Å². The molecule has 0 spiro atoms. The molecule has 2 N–H and O–H groups in total. The van der Waals surface area contributed by atoms with Crippen LogP contribution in [-0.2, 0) is 9.53 Å². The van der Waals surface area contributed by atoms with Gasteiger partial charge in [-0.05, 0) is 63.7 Å². The molecule has 152 valence electrons. The number of ether oxygens (including phenoxy) is 1. The minimum atomic E-state index is -0.574. The largest absolute Gasteiger partial charge is 0.444 e. The molecule has 2 heterocycles. The number of anilines is 1. The molecular weight excluding hydrogens is 376 g/mol. The number of likely N-dealkylation sites (tertiary alicyclic amines) is 1. The smallest absolute Gasteiger partial charge is 0.410 e. The molecule has 2 amide bonds. The molecule has 1 unspecified atom stereocenters. The first-order chi connectivity index (χ1) is 13.3. The third-order valence-electron chi connectivity index (χ3n) is 4.53. The predicted molar refractivity (Wildman–Crippen MR) is 112 cm³/mol. The molecule has 1 aliphatic heterocycles. The Morgan fingerprint density at radius 1 is 1.25 bits per heavy atom. The van der Waals surface area contributed by atoms with Gasteiger partial charge in [0.1, 0.15) is 17.5 Å². The van der Waals surface area contributed by atoms with Gasteiger partial charge in [0.2, 0.25) is 5.91 Å². The first-order valence-corrected chi connectivity index (χ1v) is 10.5. The molecule has 1 aromatic carbocycles. The first-order valence-electron chi connectivity index (χ1n) is 9.71. The number of nitrogens with one attached hydrogen (secondary N) is 2. The molecule has 1 aliphatic rings. The van der Waals surface area contributed by atoms with Crippen molar-refractivity contribution < 1.29 is 14.3 Å². The molecule has 28 heavy (non-hydrogen) atoms. The Hall–Kier alpha value is -2.35. The number of hydrogen-bond acceptors (Lipinski definition) is 6. The average molecular weight is 405 g/mol. The monoisotopic (exact) mass is 404 g/mol. The van der Waals surface area contributed by atoms with E-state index in [1.54, 1.807) is 4.90 Å². The van der Waals surface area contributed by atoms with Crippen LogP contribution in [0.2, 0.25) is 0 Å². The summed E-state index contributed by atoms with van der Waals surface area (Å²) in [6.07, 6.45) is 2.07. The molecule has 0 bridgehead atoms. The summed E-state index contributed by atoms with van der Waals surface area (Å²) in [7, 11) is 0. The van der Waals surface area contributed by atoms with Crippen molar-refractivity contribution in [2.45, 2.75) is 51.7 Å². The summed E-state index contributed by atoms with van der Waals surface area (Å²) in [5.74, 6) is 0.707. The van der Waals surface area contributed by atoms with Crippen LogP contribution >= 0.6 is 11.5 Å². The van der Waals surface area contributed by atoms with E-state index in [0.29, 0.717) is 26.1 Å². The van der Waals surface area contributed by atoms with Gasteiger partial charge >= 0.3 is 6.09 Å². The lowest BCUT2D eigenvalue weighted by molar-refractivity contribution is -0.127. The van der Waals surface area contributed by atoms with Crippen molar-refractivity contribution in [1.29, 1.82) is 0 Å². The SMILES string of the molecule is CC(C)(C)OC(=O)N1CCCCC1C(=O)NCCNc1nsc2ccccc12. The Bertz CT molecular complexity index is 830. The Morgan fingerprint density at radius 2 is 2.04 bits per heavy atom. The van der Waals surface area contributed by atoms with E-state index in [1.165, 1.54) is 11.5 Å². The average Bonchev–Trinajstić information content (AvgIpc) is 3.07. The number of aromatic nitrogens is 1. The number of nitrogens with zero attached hydrogens (tertiary/aromatic N) is 2. The third-order valence-corrected chi connectivity index (χ3v) is 5.35. The summed E-state index contributed by atoms with van der Waals surface area (Å²) < 4.78 is 11.0. The topological polar surface area (TPSA) is 83.6 Å². The van der Waals surface area contributed by atoms with Crippen LogP contribution in [-0.4, -0.2) is 52.6 Å². The first kappa shape index (κ1) is 20.4. The van der Waals surface area contributed by atoms with Crippen LogP contribution in [0.5, 0.6) is 0 Å². The van der Waals surface area contributed by atoms with E-state index in [1.807, 2.05) is 45.0 Å². The quantitative estimate of drug-likeness (QED) is 0.744. The summed E-state index contributed by atoms with van der Waals surface area (Å²) in [5, 5.41) is 7.29. The second-order valence-corrected chi connectivity index (χ2v) is 8.74. The van der Waals surface area contributed by atoms with Gasteiger partial charge in [-0.2, -0.15) is 4.37 Å². The van der Waals surface area contributed by atoms with Crippen LogP contribution < -0.4 is 10.6 Å². The highest BCUT2D eigenvalue weighted by Gasteiger charge is 2.34. The maximum absolute atomic E-state index is 12.7. The van der Waals surface area contributed by atoms with Gasteiger partial charge in [0.15, 0.2) is 0 Å². The second-order valence-electron chi connectivity index (χ2n) is 7.93. The molecule has 0 saturated carbocycles. The van der Waals surface area contributed by atoms with Crippen molar-refractivity contribution in [1.82, 2.24) is 14.6 Å². The van der Waals surface area contributed by atoms with E-state index in [4.69, 9.17) is 4.74 Å². The summed E-state index contributed by atoms with van der Waals surface area (Å²) in [4.78, 5) is 26.7. The van der Waals surface area contributed by atoms with E-state index < -0.39 is 17.7 Å². The van der Waals surface area contributed by atoms with Gasteiger partial charge in [-0.3, -0.25) is 9.69 Å². The van der Waals surface area contributed by atoms with Crippen molar-refractivity contribution >= 4 is 39.4 Å². The zero-order valence-electron chi connectivity index (χ0n) is 16.7. The number of rotatable bonds is 5. The Labute approximate surface area is 169 Å². The Morgan fingerprint density at radius 3 is 2.82 bits per heavy atom. The number of carbonyl (C=O) groups excluding carboxylic acids is 2. The molecule has 1 saturated heterocycles. The van der Waals surface area contributed by atoms with Crippen molar-refractivity contribution in [2.75, 3.05) is 25.0 Å². The third kappa shape index (κ3) is 5.13. The van der Waals surface area contributed by atoms with E-state index in [2.05, 4.69) is 15.0 Å². The standard InChI is InChI=1S/C20H28N4O3S/c1-20(2,3)27-19(26)24-13-7-6-9-15(24)18(25)22-12-11-21-17-14-8-4-5-10-16(14)28-23-17/h4-5,8,10,15H,6-7,9,11-13H2,1-3H3,(H,21,23)(H,22,25). The highest BCUT2D eigenvalue weighted by atomic mass is 32.1. The van der Waals surface area contributed by atoms with Crippen molar-refractivity contribution in [3.63, 3.8) is 0 Å². The number of amides is 2. The predicted octanol–water partition coefficient (Wildman–Crippen LogP) is 3.61. The van der Waals surface area contributed by atoms with Gasteiger partial charge in [-0.15, -0.1) is 0 Å². The Balaban J connectivity index is 1.50. The summed E-state index contributed by atoms with van der Waals surface area (Å²) in [6.45, 7) is 7.07. The fourth-order valence-corrected chi connectivity index (χ4v) is 4.00. The normalized spacial score (nSPS) is 17.4. The van der Waals surface area contributed by atoms with Gasteiger partial charge in [0.05, 0.1) is 4.70 Å². The Kier molecular flexibility index (Phi) is 6.39. The lowest BCUT2D eigenvalue weighted by Gasteiger charge is -2.35. The highest BCUT2D eigenvalue weighted by Crippen LogP contribution is 2.25. The van der Waals surface area contributed by atoms with Gasteiger partial charge in [-0.1, -0.05) is 12.1 Å². The van der Waals surface area contributed by atoms with Gasteiger partial charge < -0.3 is 15.4 Å². The van der Waals surface area contributed by atoms with E-state index in [0.717, 1.165) is 28.7 Å². The van der Waals surface area contributed by atoms with Crippen molar-refractivity contribution in [2.24, 2.45) is 0 Å². The fraction of sp³-hybridized carbons (Fsp3) is 0.550. The molecule has 3 rings (SSSR count). The van der Waals surface area contributed by atoms with Crippen LogP contribution in [0.3, 0.4) is 0 Å². The zero-order chi connectivity index (χ0) is 20.1. The molecular formula is C20H28N4O3S. The number of fused-ring (bicyclic) bond motifs is 1. The molecule has 0 radical (unpaired) electrons. The minimum Gasteiger partial charge on any atom is -0.444 e. The summed E-state index contributed by atoms with van der Waals surface area (Å²) in [6, 6.07) is 7.57.